The fourth-order valence-electron chi connectivity index (χ4n) is 1.43. The molecule has 0 amide bonds. The van der Waals surface area contributed by atoms with Gasteiger partial charge in [0.1, 0.15) is 22.3 Å². The summed E-state index contributed by atoms with van der Waals surface area (Å²) in [7, 11) is 0. The molecule has 1 atom stereocenters. The molecule has 94 valence electrons. The van der Waals surface area contributed by atoms with E-state index in [1.807, 2.05) is 27.1 Å². The number of hydrogen-bond donors (Lipinski definition) is 0. The molecule has 1 unspecified atom stereocenters. The molecule has 1 aliphatic rings. The lowest BCUT2D eigenvalue weighted by atomic mass is 10.3. The second-order valence-electron chi connectivity index (χ2n) is 5.51. The van der Waals surface area contributed by atoms with Gasteiger partial charge in [0.15, 0.2) is 0 Å². The maximum absolute atomic E-state index is 11.8. The molecular formula is C12H19N3OS. The lowest BCUT2D eigenvalue weighted by Gasteiger charge is -2.17. The Labute approximate surface area is 105 Å². The van der Waals surface area contributed by atoms with Crippen molar-refractivity contribution in [1.82, 2.24) is 9.55 Å². The minimum atomic E-state index is -1.20. The van der Waals surface area contributed by atoms with Crippen molar-refractivity contribution in [2.75, 3.05) is 0 Å². The van der Waals surface area contributed by atoms with Crippen LogP contribution in [0.15, 0.2) is 16.9 Å². The van der Waals surface area contributed by atoms with Crippen molar-refractivity contribution < 1.29 is 4.55 Å². The highest BCUT2D eigenvalue weighted by Gasteiger charge is 2.26. The minimum Gasteiger partial charge on any atom is -0.591 e. The second-order valence-corrected chi connectivity index (χ2v) is 7.44. The van der Waals surface area contributed by atoms with Crippen LogP contribution in [0.1, 0.15) is 39.3 Å². The van der Waals surface area contributed by atoms with Crippen LogP contribution < -0.4 is 0 Å². The smallest absolute Gasteiger partial charge is 0.144 e. The third-order valence-electron chi connectivity index (χ3n) is 2.70. The summed E-state index contributed by atoms with van der Waals surface area (Å²) < 4.78 is 17.7. The van der Waals surface area contributed by atoms with E-state index in [9.17, 15) is 4.55 Å². The van der Waals surface area contributed by atoms with E-state index in [0.29, 0.717) is 0 Å². The molecule has 0 aromatic carbocycles. The predicted molar refractivity (Wildman–Crippen MR) is 70.4 cm³/mol. The molecule has 0 saturated heterocycles. The van der Waals surface area contributed by atoms with E-state index in [4.69, 9.17) is 0 Å². The Hall–Kier alpha value is -0.810. The summed E-state index contributed by atoms with van der Waals surface area (Å²) in [6, 6.07) is 0. The number of hydrogen-bond acceptors (Lipinski definition) is 3. The van der Waals surface area contributed by atoms with Crippen LogP contribution in [-0.2, 0) is 17.9 Å². The van der Waals surface area contributed by atoms with Gasteiger partial charge in [0, 0.05) is 6.54 Å². The van der Waals surface area contributed by atoms with Crippen molar-refractivity contribution >= 4 is 17.6 Å². The van der Waals surface area contributed by atoms with Gasteiger partial charge in [-0.2, -0.15) is 0 Å². The first kappa shape index (κ1) is 12.6. The zero-order valence-electron chi connectivity index (χ0n) is 10.6. The van der Waals surface area contributed by atoms with E-state index in [1.54, 1.807) is 12.4 Å². The van der Waals surface area contributed by atoms with Crippen molar-refractivity contribution in [2.24, 2.45) is 10.3 Å². The Balaban J connectivity index is 2.02. The fraction of sp³-hybridized carbons (Fsp3) is 0.667. The number of aromatic nitrogens is 2. The van der Waals surface area contributed by atoms with Crippen molar-refractivity contribution in [1.29, 1.82) is 0 Å². The molecule has 1 aromatic heterocycles. The van der Waals surface area contributed by atoms with Gasteiger partial charge in [-0.15, -0.1) is 0 Å². The van der Waals surface area contributed by atoms with Crippen LogP contribution in [0.4, 0.5) is 0 Å². The van der Waals surface area contributed by atoms with E-state index in [0.717, 1.165) is 18.2 Å². The molecule has 1 heterocycles. The lowest BCUT2D eigenvalue weighted by molar-refractivity contribution is 0.561. The second kappa shape index (κ2) is 4.82. The molecule has 0 N–H and O–H groups in total. The van der Waals surface area contributed by atoms with E-state index in [2.05, 4.69) is 13.9 Å². The molecule has 0 aliphatic heterocycles. The Morgan fingerprint density at radius 3 is 2.88 bits per heavy atom. The summed E-state index contributed by atoms with van der Waals surface area (Å²) in [5.74, 6) is 0.796. The van der Waals surface area contributed by atoms with E-state index in [1.165, 1.54) is 12.8 Å². The summed E-state index contributed by atoms with van der Waals surface area (Å²) >= 11 is -1.20. The highest BCUT2D eigenvalue weighted by atomic mass is 32.2. The van der Waals surface area contributed by atoms with Gasteiger partial charge in [0.05, 0.1) is 18.2 Å². The first-order valence-corrected chi connectivity index (χ1v) is 7.03. The zero-order valence-corrected chi connectivity index (χ0v) is 11.4. The molecule has 0 radical (unpaired) electrons. The summed E-state index contributed by atoms with van der Waals surface area (Å²) in [5.41, 5.74) is 0.939. The van der Waals surface area contributed by atoms with Crippen LogP contribution in [0.25, 0.3) is 0 Å². The average Bonchev–Trinajstić information content (AvgIpc) is 2.93. The normalized spacial score (nSPS) is 18.8. The molecule has 17 heavy (non-hydrogen) atoms. The molecule has 1 fully saturated rings. The first-order valence-electron chi connectivity index (χ1n) is 5.93. The Morgan fingerprint density at radius 2 is 2.29 bits per heavy atom. The lowest BCUT2D eigenvalue weighted by Crippen LogP contribution is -2.26. The van der Waals surface area contributed by atoms with Gasteiger partial charge in [0.25, 0.3) is 0 Å². The van der Waals surface area contributed by atoms with Gasteiger partial charge >= 0.3 is 0 Å². The maximum Gasteiger partial charge on any atom is 0.144 e. The standard InChI is InChI=1S/C12H19N3OS/c1-12(2,3)17(16)14-7-11-6-13-9-15(11)8-10-4-5-10/h6-7,9-10H,4-5,8H2,1-3H3/b14-7+. The van der Waals surface area contributed by atoms with E-state index < -0.39 is 11.4 Å². The molecule has 2 rings (SSSR count). The fourth-order valence-corrected chi connectivity index (χ4v) is 1.95. The van der Waals surface area contributed by atoms with Crippen molar-refractivity contribution in [3.05, 3.63) is 18.2 Å². The Kier molecular flexibility index (Phi) is 3.58. The molecule has 4 nitrogen and oxygen atoms in total. The topological polar surface area (TPSA) is 53.2 Å². The first-order chi connectivity index (χ1) is 7.97. The SMILES string of the molecule is CC(C)(C)[S+]([O-])/N=C/c1cncn1CC1CC1. The third kappa shape index (κ3) is 3.57. The third-order valence-corrected chi connectivity index (χ3v) is 4.05. The maximum atomic E-state index is 11.8. The van der Waals surface area contributed by atoms with Crippen LogP contribution in [0.5, 0.6) is 0 Å². The summed E-state index contributed by atoms with van der Waals surface area (Å²) in [4.78, 5) is 4.12. The molecule has 1 saturated carbocycles. The molecule has 5 heteroatoms. The quantitative estimate of drug-likeness (QED) is 0.610. The highest BCUT2D eigenvalue weighted by molar-refractivity contribution is 7.91. The highest BCUT2D eigenvalue weighted by Crippen LogP contribution is 2.30. The van der Waals surface area contributed by atoms with Crippen LogP contribution in [0.2, 0.25) is 0 Å². The van der Waals surface area contributed by atoms with Crippen LogP contribution in [0, 0.1) is 5.92 Å². The predicted octanol–water partition coefficient (Wildman–Crippen LogP) is 2.17. The van der Waals surface area contributed by atoms with Gasteiger partial charge in [-0.25, -0.2) is 4.98 Å². The van der Waals surface area contributed by atoms with Crippen LogP contribution in [-0.4, -0.2) is 25.1 Å². The number of imidazole rings is 1. The molecular weight excluding hydrogens is 234 g/mol. The molecule has 1 aliphatic carbocycles. The number of nitrogens with zero attached hydrogens (tertiary/aromatic N) is 3. The minimum absolute atomic E-state index is 0.308. The van der Waals surface area contributed by atoms with Gasteiger partial charge in [-0.3, -0.25) is 0 Å². The Bertz CT molecular complexity index is 404. The van der Waals surface area contributed by atoms with Crippen molar-refractivity contribution in [2.45, 2.75) is 44.9 Å². The van der Waals surface area contributed by atoms with Gasteiger partial charge < -0.3 is 9.12 Å². The van der Waals surface area contributed by atoms with Gasteiger partial charge in [-0.1, -0.05) is 4.40 Å². The molecule has 1 aromatic rings. The summed E-state index contributed by atoms with van der Waals surface area (Å²) in [5, 5.41) is 0. The van der Waals surface area contributed by atoms with Gasteiger partial charge in [-0.05, 0) is 39.5 Å². The van der Waals surface area contributed by atoms with E-state index >= 15 is 0 Å². The Morgan fingerprint density at radius 1 is 1.59 bits per heavy atom. The largest absolute Gasteiger partial charge is 0.591 e. The van der Waals surface area contributed by atoms with Crippen LogP contribution in [0.3, 0.4) is 0 Å². The van der Waals surface area contributed by atoms with Crippen molar-refractivity contribution in [3.8, 4) is 0 Å². The van der Waals surface area contributed by atoms with E-state index in [-0.39, 0.29) is 4.75 Å². The average molecular weight is 253 g/mol. The molecule has 0 spiro atoms. The summed E-state index contributed by atoms with van der Waals surface area (Å²) in [6.07, 6.45) is 7.88. The summed E-state index contributed by atoms with van der Waals surface area (Å²) in [6.45, 7) is 6.76. The van der Waals surface area contributed by atoms with Crippen molar-refractivity contribution in [3.63, 3.8) is 0 Å². The zero-order chi connectivity index (χ0) is 12.5. The van der Waals surface area contributed by atoms with Gasteiger partial charge in [0.2, 0.25) is 0 Å². The molecule has 0 bridgehead atoms. The van der Waals surface area contributed by atoms with Crippen LogP contribution >= 0.6 is 0 Å². The number of rotatable bonds is 4. The monoisotopic (exact) mass is 253 g/mol.